The fourth-order valence-electron chi connectivity index (χ4n) is 4.51. The molecule has 0 aromatic rings. The van der Waals surface area contributed by atoms with Gasteiger partial charge in [-0.1, -0.05) is 20.8 Å². The van der Waals surface area contributed by atoms with Crippen LogP contribution in [-0.4, -0.2) is 36.5 Å². The number of hydrogen-bond donors (Lipinski definition) is 2. The molecule has 2 aliphatic rings. The smallest absolute Gasteiger partial charge is 0.0614 e. The number of nitrogens with one attached hydrogen (secondary N) is 1. The molecule has 0 spiro atoms. The molecule has 2 rings (SSSR count). The van der Waals surface area contributed by atoms with Crippen LogP contribution in [0.15, 0.2) is 0 Å². The van der Waals surface area contributed by atoms with Crippen molar-refractivity contribution in [3.05, 3.63) is 0 Å². The van der Waals surface area contributed by atoms with Gasteiger partial charge in [0.05, 0.1) is 18.8 Å². The van der Waals surface area contributed by atoms with Crippen LogP contribution in [0.3, 0.4) is 0 Å². The van der Waals surface area contributed by atoms with Gasteiger partial charge in [0.2, 0.25) is 0 Å². The molecule has 118 valence electrons. The minimum atomic E-state index is -0.112. The molecule has 0 bridgehead atoms. The zero-order valence-electron chi connectivity index (χ0n) is 13.7. The topological polar surface area (TPSA) is 41.5 Å². The highest BCUT2D eigenvalue weighted by molar-refractivity contribution is 4.94. The molecule has 2 fully saturated rings. The lowest BCUT2D eigenvalue weighted by molar-refractivity contribution is -0.0921. The molecule has 3 nitrogen and oxygen atoms in total. The molecule has 2 saturated carbocycles. The van der Waals surface area contributed by atoms with Gasteiger partial charge in [-0.2, -0.15) is 0 Å². The predicted octanol–water partition coefficient (Wildman–Crippen LogP) is 3.11. The van der Waals surface area contributed by atoms with E-state index in [0.717, 1.165) is 31.6 Å². The van der Waals surface area contributed by atoms with E-state index < -0.39 is 0 Å². The summed E-state index contributed by atoms with van der Waals surface area (Å²) in [6.45, 7) is 7.30. The van der Waals surface area contributed by atoms with Crippen LogP contribution < -0.4 is 5.32 Å². The third-order valence-electron chi connectivity index (χ3n) is 5.36. The third kappa shape index (κ3) is 3.96. The SMILES string of the molecule is CNC1(CO)CCCC(OC2CC(C)CC(C)(C)C2)C1. The first-order chi connectivity index (χ1) is 9.38. The Balaban J connectivity index is 1.92. The Labute approximate surface area is 124 Å². The fraction of sp³-hybridized carbons (Fsp3) is 1.00. The number of hydrogen-bond acceptors (Lipinski definition) is 3. The minimum absolute atomic E-state index is 0.112. The Bertz CT molecular complexity index is 312. The lowest BCUT2D eigenvalue weighted by Crippen LogP contribution is -2.52. The number of aliphatic hydroxyl groups is 1. The van der Waals surface area contributed by atoms with Crippen molar-refractivity contribution in [2.75, 3.05) is 13.7 Å². The molecule has 0 saturated heterocycles. The van der Waals surface area contributed by atoms with E-state index in [1.54, 1.807) is 0 Å². The van der Waals surface area contributed by atoms with Crippen molar-refractivity contribution in [2.45, 2.75) is 83.5 Å². The fourth-order valence-corrected chi connectivity index (χ4v) is 4.51. The van der Waals surface area contributed by atoms with Crippen molar-refractivity contribution in [3.8, 4) is 0 Å². The third-order valence-corrected chi connectivity index (χ3v) is 5.36. The average molecular weight is 283 g/mol. The summed E-state index contributed by atoms with van der Waals surface area (Å²) in [6.07, 6.45) is 8.73. The maximum Gasteiger partial charge on any atom is 0.0614 e. The van der Waals surface area contributed by atoms with Crippen molar-refractivity contribution >= 4 is 0 Å². The molecule has 0 amide bonds. The van der Waals surface area contributed by atoms with Crippen molar-refractivity contribution < 1.29 is 9.84 Å². The summed E-state index contributed by atoms with van der Waals surface area (Å²) in [5.74, 6) is 0.763. The first kappa shape index (κ1) is 16.3. The molecule has 0 aromatic carbocycles. The van der Waals surface area contributed by atoms with E-state index in [9.17, 15) is 5.11 Å². The second-order valence-electron chi connectivity index (χ2n) is 8.08. The molecule has 4 atom stereocenters. The van der Waals surface area contributed by atoms with Crippen LogP contribution in [-0.2, 0) is 4.74 Å². The van der Waals surface area contributed by atoms with Crippen molar-refractivity contribution in [3.63, 3.8) is 0 Å². The van der Waals surface area contributed by atoms with Crippen LogP contribution in [0.2, 0.25) is 0 Å². The molecule has 0 aliphatic heterocycles. The van der Waals surface area contributed by atoms with Crippen LogP contribution in [0.25, 0.3) is 0 Å². The van der Waals surface area contributed by atoms with Gasteiger partial charge >= 0.3 is 0 Å². The van der Waals surface area contributed by atoms with Crippen LogP contribution in [0.1, 0.15) is 65.7 Å². The van der Waals surface area contributed by atoms with Crippen molar-refractivity contribution in [1.82, 2.24) is 5.32 Å². The number of ether oxygens (including phenoxy) is 1. The maximum absolute atomic E-state index is 9.67. The molecule has 0 aromatic heterocycles. The highest BCUT2D eigenvalue weighted by Gasteiger charge is 2.38. The molecular weight excluding hydrogens is 250 g/mol. The normalized spacial score (nSPS) is 41.5. The summed E-state index contributed by atoms with van der Waals surface area (Å²) in [7, 11) is 1.96. The van der Waals surface area contributed by atoms with Crippen LogP contribution in [0.5, 0.6) is 0 Å². The lowest BCUT2D eigenvalue weighted by atomic mass is 9.71. The van der Waals surface area contributed by atoms with Gasteiger partial charge < -0.3 is 15.2 Å². The van der Waals surface area contributed by atoms with E-state index in [1.165, 1.54) is 19.3 Å². The summed E-state index contributed by atoms with van der Waals surface area (Å²) in [5.41, 5.74) is 0.298. The predicted molar refractivity (Wildman–Crippen MR) is 82.8 cm³/mol. The van der Waals surface area contributed by atoms with E-state index in [4.69, 9.17) is 4.74 Å². The van der Waals surface area contributed by atoms with Gasteiger partial charge in [0, 0.05) is 5.54 Å². The van der Waals surface area contributed by atoms with E-state index in [-0.39, 0.29) is 12.1 Å². The second kappa shape index (κ2) is 6.33. The number of likely N-dealkylation sites (N-methyl/N-ethyl adjacent to an activating group) is 1. The van der Waals surface area contributed by atoms with Gasteiger partial charge in [-0.15, -0.1) is 0 Å². The van der Waals surface area contributed by atoms with E-state index >= 15 is 0 Å². The first-order valence-corrected chi connectivity index (χ1v) is 8.33. The van der Waals surface area contributed by atoms with E-state index in [2.05, 4.69) is 26.1 Å². The largest absolute Gasteiger partial charge is 0.394 e. The Kier molecular flexibility index (Phi) is 5.14. The molecule has 2 aliphatic carbocycles. The monoisotopic (exact) mass is 283 g/mol. The molecule has 2 N–H and O–H groups in total. The van der Waals surface area contributed by atoms with Gasteiger partial charge in [-0.05, 0) is 63.3 Å². The standard InChI is InChI=1S/C17H33NO2/c1-13-8-15(10-16(2,3)9-13)20-14-6-5-7-17(11-14,12-19)18-4/h13-15,18-19H,5-12H2,1-4H3. The lowest BCUT2D eigenvalue weighted by Gasteiger charge is -2.44. The van der Waals surface area contributed by atoms with E-state index in [1.807, 2.05) is 7.05 Å². The summed E-state index contributed by atoms with van der Waals surface area (Å²) in [5, 5.41) is 13.0. The Morgan fingerprint density at radius 1 is 1.20 bits per heavy atom. The molecular formula is C17H33NO2. The van der Waals surface area contributed by atoms with Gasteiger partial charge in [0.15, 0.2) is 0 Å². The van der Waals surface area contributed by atoms with Crippen LogP contribution in [0.4, 0.5) is 0 Å². The zero-order valence-corrected chi connectivity index (χ0v) is 13.7. The highest BCUT2D eigenvalue weighted by Crippen LogP contribution is 2.41. The molecule has 3 heteroatoms. The van der Waals surface area contributed by atoms with Gasteiger partial charge in [0.25, 0.3) is 0 Å². The number of aliphatic hydroxyl groups excluding tert-OH is 1. The molecule has 20 heavy (non-hydrogen) atoms. The molecule has 0 heterocycles. The Morgan fingerprint density at radius 2 is 1.95 bits per heavy atom. The quantitative estimate of drug-likeness (QED) is 0.833. The Hall–Kier alpha value is -0.120. The molecule has 0 radical (unpaired) electrons. The summed E-state index contributed by atoms with van der Waals surface area (Å²) in [6, 6.07) is 0. The Morgan fingerprint density at radius 3 is 2.55 bits per heavy atom. The van der Waals surface area contributed by atoms with Gasteiger partial charge in [0.1, 0.15) is 0 Å². The van der Waals surface area contributed by atoms with Crippen molar-refractivity contribution in [2.24, 2.45) is 11.3 Å². The van der Waals surface area contributed by atoms with E-state index in [0.29, 0.717) is 17.6 Å². The first-order valence-electron chi connectivity index (χ1n) is 8.33. The molecule has 4 unspecified atom stereocenters. The van der Waals surface area contributed by atoms with Crippen molar-refractivity contribution in [1.29, 1.82) is 0 Å². The van der Waals surface area contributed by atoms with Crippen LogP contribution in [0, 0.1) is 11.3 Å². The summed E-state index contributed by atoms with van der Waals surface area (Å²) < 4.78 is 6.45. The van der Waals surface area contributed by atoms with Gasteiger partial charge in [-0.3, -0.25) is 0 Å². The van der Waals surface area contributed by atoms with Crippen LogP contribution >= 0.6 is 0 Å². The van der Waals surface area contributed by atoms with Gasteiger partial charge in [-0.25, -0.2) is 0 Å². The average Bonchev–Trinajstić information content (AvgIpc) is 2.36. The maximum atomic E-state index is 9.67. The zero-order chi connectivity index (χ0) is 14.8. The minimum Gasteiger partial charge on any atom is -0.394 e. The summed E-state index contributed by atoms with van der Waals surface area (Å²) in [4.78, 5) is 0. The number of rotatable bonds is 4. The summed E-state index contributed by atoms with van der Waals surface area (Å²) >= 11 is 0. The highest BCUT2D eigenvalue weighted by atomic mass is 16.5. The second-order valence-corrected chi connectivity index (χ2v) is 8.08.